The van der Waals surface area contributed by atoms with Gasteiger partial charge in [-0.3, -0.25) is 4.79 Å². The zero-order valence-corrected chi connectivity index (χ0v) is 15.4. The maximum absolute atomic E-state index is 12.4. The van der Waals surface area contributed by atoms with Crippen LogP contribution in [0.5, 0.6) is 5.88 Å². The minimum atomic E-state index is -0.470. The lowest BCUT2D eigenvalue weighted by Crippen LogP contribution is -2.45. The third kappa shape index (κ3) is 4.80. The van der Waals surface area contributed by atoms with Crippen molar-refractivity contribution in [3.05, 3.63) is 58.2 Å². The number of halogens is 1. The number of aliphatic hydroxyl groups is 1. The summed E-state index contributed by atoms with van der Waals surface area (Å²) < 4.78 is 6.32. The number of amides is 1. The monoisotopic (exact) mass is 404 g/mol. The van der Waals surface area contributed by atoms with E-state index in [9.17, 15) is 9.90 Å². The fraction of sp³-hybridized carbons (Fsp3) is 0.368. The van der Waals surface area contributed by atoms with Gasteiger partial charge >= 0.3 is 0 Å². The second-order valence-electron chi connectivity index (χ2n) is 6.22. The van der Waals surface area contributed by atoms with E-state index >= 15 is 0 Å². The molecule has 1 heterocycles. The van der Waals surface area contributed by atoms with Crippen LogP contribution < -0.4 is 10.1 Å². The molecular weight excluding hydrogens is 384 g/mol. The number of pyridine rings is 1. The molecule has 0 bridgehead atoms. The summed E-state index contributed by atoms with van der Waals surface area (Å²) in [6.07, 6.45) is 4.60. The van der Waals surface area contributed by atoms with E-state index in [2.05, 4.69) is 26.2 Å². The molecule has 1 aliphatic rings. The molecule has 2 N–H and O–H groups in total. The van der Waals surface area contributed by atoms with Gasteiger partial charge in [-0.15, -0.1) is 0 Å². The average molecular weight is 405 g/mol. The molecule has 3 rings (SSSR count). The second kappa shape index (κ2) is 8.45. The van der Waals surface area contributed by atoms with Gasteiger partial charge in [-0.2, -0.15) is 0 Å². The van der Waals surface area contributed by atoms with Gasteiger partial charge in [-0.25, -0.2) is 4.98 Å². The van der Waals surface area contributed by atoms with Gasteiger partial charge in [-0.1, -0.05) is 43.2 Å². The maximum atomic E-state index is 12.4. The Balaban J connectivity index is 1.61. The molecule has 1 amide bonds. The van der Waals surface area contributed by atoms with E-state index in [1.165, 1.54) is 6.20 Å². The van der Waals surface area contributed by atoms with Crippen LogP contribution in [0.15, 0.2) is 47.1 Å². The summed E-state index contributed by atoms with van der Waals surface area (Å²) >= 11 is 3.41. The molecule has 2 atom stereocenters. The summed E-state index contributed by atoms with van der Waals surface area (Å²) in [5, 5.41) is 12.9. The summed E-state index contributed by atoms with van der Waals surface area (Å²) in [5.74, 6) is 0.215. The summed E-state index contributed by atoms with van der Waals surface area (Å²) in [7, 11) is 0. The summed E-state index contributed by atoms with van der Waals surface area (Å²) in [5.41, 5.74) is 1.49. The molecule has 5 nitrogen and oxygen atoms in total. The van der Waals surface area contributed by atoms with Gasteiger partial charge in [-0.05, 0) is 40.4 Å². The Kier molecular flexibility index (Phi) is 6.04. The van der Waals surface area contributed by atoms with Gasteiger partial charge in [0.25, 0.3) is 5.91 Å². The molecule has 1 saturated carbocycles. The van der Waals surface area contributed by atoms with Crippen LogP contribution in [-0.4, -0.2) is 28.1 Å². The number of nitrogens with one attached hydrogen (secondary N) is 1. The van der Waals surface area contributed by atoms with Gasteiger partial charge in [0.15, 0.2) is 0 Å². The Morgan fingerprint density at radius 1 is 1.28 bits per heavy atom. The lowest BCUT2D eigenvalue weighted by Gasteiger charge is -2.28. The first kappa shape index (κ1) is 17.9. The molecular formula is C19H21BrN2O3. The van der Waals surface area contributed by atoms with Crippen LogP contribution in [0.25, 0.3) is 0 Å². The molecule has 6 heteroatoms. The van der Waals surface area contributed by atoms with E-state index in [-0.39, 0.29) is 11.9 Å². The predicted molar refractivity (Wildman–Crippen MR) is 98.4 cm³/mol. The van der Waals surface area contributed by atoms with E-state index in [0.717, 1.165) is 31.2 Å². The Hall–Kier alpha value is -1.92. The molecule has 0 saturated heterocycles. The number of nitrogens with zero attached hydrogens (tertiary/aromatic N) is 1. The lowest BCUT2D eigenvalue weighted by atomic mass is 9.92. The van der Waals surface area contributed by atoms with E-state index < -0.39 is 6.10 Å². The Morgan fingerprint density at radius 2 is 2.04 bits per heavy atom. The number of hydrogen-bond acceptors (Lipinski definition) is 4. The van der Waals surface area contributed by atoms with Crippen LogP contribution >= 0.6 is 15.9 Å². The fourth-order valence-electron chi connectivity index (χ4n) is 2.91. The number of carbonyl (C=O) groups excluding carboxylic acids is 1. The van der Waals surface area contributed by atoms with Crippen LogP contribution in [0.2, 0.25) is 0 Å². The van der Waals surface area contributed by atoms with E-state index in [1.54, 1.807) is 6.07 Å². The van der Waals surface area contributed by atoms with Gasteiger partial charge in [0.2, 0.25) is 5.88 Å². The zero-order valence-electron chi connectivity index (χ0n) is 13.8. The van der Waals surface area contributed by atoms with E-state index in [4.69, 9.17) is 4.74 Å². The van der Waals surface area contributed by atoms with Crippen LogP contribution in [0, 0.1) is 0 Å². The molecule has 2 unspecified atom stereocenters. The SMILES string of the molecule is O=C(NC1CCCCC1O)c1cnc(OCc2ccccc2)c(Br)c1. The molecule has 0 aliphatic heterocycles. The van der Waals surface area contributed by atoms with Crippen molar-refractivity contribution in [2.75, 3.05) is 0 Å². The van der Waals surface area contributed by atoms with Crippen LogP contribution in [0.3, 0.4) is 0 Å². The first-order chi connectivity index (χ1) is 12.1. The van der Waals surface area contributed by atoms with Crippen molar-refractivity contribution in [1.82, 2.24) is 10.3 Å². The first-order valence-corrected chi connectivity index (χ1v) is 9.24. The van der Waals surface area contributed by atoms with Crippen molar-refractivity contribution in [3.8, 4) is 5.88 Å². The molecule has 0 spiro atoms. The highest BCUT2D eigenvalue weighted by Crippen LogP contribution is 2.24. The van der Waals surface area contributed by atoms with Gasteiger partial charge in [0.1, 0.15) is 6.61 Å². The molecule has 1 fully saturated rings. The smallest absolute Gasteiger partial charge is 0.253 e. The summed E-state index contributed by atoms with van der Waals surface area (Å²) in [6.45, 7) is 0.409. The van der Waals surface area contributed by atoms with Crippen molar-refractivity contribution in [3.63, 3.8) is 0 Å². The number of benzene rings is 1. The third-order valence-corrected chi connectivity index (χ3v) is 4.90. The van der Waals surface area contributed by atoms with Crippen molar-refractivity contribution < 1.29 is 14.6 Å². The second-order valence-corrected chi connectivity index (χ2v) is 7.07. The van der Waals surface area contributed by atoms with Crippen molar-refractivity contribution in [2.45, 2.75) is 44.4 Å². The highest BCUT2D eigenvalue weighted by Gasteiger charge is 2.25. The van der Waals surface area contributed by atoms with Crippen LogP contribution in [0.4, 0.5) is 0 Å². The number of aromatic nitrogens is 1. The molecule has 2 aromatic rings. The quantitative estimate of drug-likeness (QED) is 0.800. The maximum Gasteiger partial charge on any atom is 0.253 e. The highest BCUT2D eigenvalue weighted by molar-refractivity contribution is 9.10. The number of hydrogen-bond donors (Lipinski definition) is 2. The standard InChI is InChI=1S/C19H21BrN2O3/c20-15-10-14(18(24)22-16-8-4-5-9-17(16)23)11-21-19(15)25-12-13-6-2-1-3-7-13/h1-3,6-7,10-11,16-17,23H,4-5,8-9,12H2,(H,22,24). The number of rotatable bonds is 5. The topological polar surface area (TPSA) is 71.5 Å². The molecule has 1 aromatic heterocycles. The van der Waals surface area contributed by atoms with E-state index in [0.29, 0.717) is 22.5 Å². The zero-order chi connectivity index (χ0) is 17.6. The van der Waals surface area contributed by atoms with Crippen LogP contribution in [-0.2, 0) is 6.61 Å². The third-order valence-electron chi connectivity index (χ3n) is 4.33. The highest BCUT2D eigenvalue weighted by atomic mass is 79.9. The van der Waals surface area contributed by atoms with Crippen molar-refractivity contribution >= 4 is 21.8 Å². The van der Waals surface area contributed by atoms with Gasteiger partial charge in [0, 0.05) is 6.20 Å². The average Bonchev–Trinajstić information content (AvgIpc) is 2.63. The molecule has 0 radical (unpaired) electrons. The summed E-state index contributed by atoms with van der Waals surface area (Å²) in [6, 6.07) is 11.3. The Bertz CT molecular complexity index is 724. The van der Waals surface area contributed by atoms with Gasteiger partial charge < -0.3 is 15.2 Å². The normalized spacial score (nSPS) is 20.1. The number of carbonyl (C=O) groups is 1. The largest absolute Gasteiger partial charge is 0.472 e. The fourth-order valence-corrected chi connectivity index (χ4v) is 3.38. The van der Waals surface area contributed by atoms with Crippen LogP contribution in [0.1, 0.15) is 41.6 Å². The lowest BCUT2D eigenvalue weighted by molar-refractivity contribution is 0.0717. The number of aliphatic hydroxyl groups excluding tert-OH is 1. The van der Waals surface area contributed by atoms with Crippen molar-refractivity contribution in [1.29, 1.82) is 0 Å². The summed E-state index contributed by atoms with van der Waals surface area (Å²) in [4.78, 5) is 16.6. The molecule has 132 valence electrons. The van der Waals surface area contributed by atoms with Gasteiger partial charge in [0.05, 0.1) is 22.2 Å². The molecule has 1 aliphatic carbocycles. The first-order valence-electron chi connectivity index (χ1n) is 8.44. The molecule has 25 heavy (non-hydrogen) atoms. The molecule has 1 aromatic carbocycles. The Labute approximate surface area is 155 Å². The Morgan fingerprint density at radius 3 is 2.76 bits per heavy atom. The van der Waals surface area contributed by atoms with E-state index in [1.807, 2.05) is 30.3 Å². The number of ether oxygens (including phenoxy) is 1. The minimum absolute atomic E-state index is 0.186. The minimum Gasteiger partial charge on any atom is -0.472 e. The predicted octanol–water partition coefficient (Wildman–Crippen LogP) is 3.46. The van der Waals surface area contributed by atoms with Crippen molar-refractivity contribution in [2.24, 2.45) is 0 Å².